The van der Waals surface area contributed by atoms with Gasteiger partial charge in [-0.1, -0.05) is 31.9 Å². The summed E-state index contributed by atoms with van der Waals surface area (Å²) in [5, 5.41) is 9.65. The molecule has 0 saturated heterocycles. The van der Waals surface area contributed by atoms with E-state index < -0.39 is 0 Å². The molecule has 1 aliphatic carbocycles. The standard InChI is InChI=1S/C11H20O/c1-2-11(12)10-8-6-4-3-5-7-9-10/h6,8,10-12H,2-5,7,9H2,1H3. The van der Waals surface area contributed by atoms with Gasteiger partial charge in [-0.3, -0.25) is 0 Å². The van der Waals surface area contributed by atoms with Crippen LogP contribution in [0.4, 0.5) is 0 Å². The SMILES string of the molecule is CCC(O)C1C=CCCCCC1. The molecule has 2 atom stereocenters. The van der Waals surface area contributed by atoms with Crippen LogP contribution in [-0.4, -0.2) is 11.2 Å². The van der Waals surface area contributed by atoms with Crippen LogP contribution in [-0.2, 0) is 0 Å². The van der Waals surface area contributed by atoms with Crippen LogP contribution in [0, 0.1) is 5.92 Å². The van der Waals surface area contributed by atoms with Crippen molar-refractivity contribution in [3.8, 4) is 0 Å². The molecule has 0 amide bonds. The minimum Gasteiger partial charge on any atom is -0.393 e. The fraction of sp³-hybridized carbons (Fsp3) is 0.818. The molecule has 1 rings (SSSR count). The smallest absolute Gasteiger partial charge is 0.0600 e. The van der Waals surface area contributed by atoms with E-state index in [0.29, 0.717) is 5.92 Å². The summed E-state index contributed by atoms with van der Waals surface area (Å²) < 4.78 is 0. The molecular weight excluding hydrogens is 148 g/mol. The van der Waals surface area contributed by atoms with Crippen molar-refractivity contribution in [2.45, 2.75) is 51.6 Å². The van der Waals surface area contributed by atoms with Gasteiger partial charge in [-0.15, -0.1) is 0 Å². The summed E-state index contributed by atoms with van der Waals surface area (Å²) in [6, 6.07) is 0. The summed E-state index contributed by atoms with van der Waals surface area (Å²) in [6.45, 7) is 2.05. The lowest BCUT2D eigenvalue weighted by Gasteiger charge is -2.19. The topological polar surface area (TPSA) is 20.2 Å². The van der Waals surface area contributed by atoms with E-state index in [1.165, 1.54) is 32.1 Å². The lowest BCUT2D eigenvalue weighted by Crippen LogP contribution is -2.17. The number of hydrogen-bond acceptors (Lipinski definition) is 1. The van der Waals surface area contributed by atoms with Crippen molar-refractivity contribution in [2.75, 3.05) is 0 Å². The molecule has 0 fully saturated rings. The maximum absolute atomic E-state index is 9.65. The van der Waals surface area contributed by atoms with Crippen LogP contribution in [0.1, 0.15) is 45.4 Å². The Morgan fingerprint density at radius 3 is 3.00 bits per heavy atom. The molecule has 12 heavy (non-hydrogen) atoms. The van der Waals surface area contributed by atoms with Crippen LogP contribution in [0.2, 0.25) is 0 Å². The highest BCUT2D eigenvalue weighted by Crippen LogP contribution is 2.21. The Hall–Kier alpha value is -0.300. The van der Waals surface area contributed by atoms with Gasteiger partial charge in [0, 0.05) is 5.92 Å². The van der Waals surface area contributed by atoms with Crippen molar-refractivity contribution < 1.29 is 5.11 Å². The van der Waals surface area contributed by atoms with Crippen LogP contribution in [0.3, 0.4) is 0 Å². The Bertz CT molecular complexity index is 140. The van der Waals surface area contributed by atoms with E-state index in [9.17, 15) is 5.11 Å². The van der Waals surface area contributed by atoms with Gasteiger partial charge in [0.25, 0.3) is 0 Å². The monoisotopic (exact) mass is 168 g/mol. The van der Waals surface area contributed by atoms with Gasteiger partial charge in [-0.25, -0.2) is 0 Å². The highest BCUT2D eigenvalue weighted by molar-refractivity contribution is 4.92. The molecule has 0 radical (unpaired) electrons. The molecule has 0 spiro atoms. The zero-order valence-electron chi connectivity index (χ0n) is 8.00. The minimum atomic E-state index is -0.112. The number of aliphatic hydroxyl groups is 1. The Balaban J connectivity index is 2.43. The highest BCUT2D eigenvalue weighted by atomic mass is 16.3. The first-order valence-electron chi connectivity index (χ1n) is 5.19. The quantitative estimate of drug-likeness (QED) is 0.629. The van der Waals surface area contributed by atoms with Crippen molar-refractivity contribution in [1.29, 1.82) is 0 Å². The van der Waals surface area contributed by atoms with Crippen molar-refractivity contribution in [1.82, 2.24) is 0 Å². The first-order chi connectivity index (χ1) is 5.84. The molecule has 2 unspecified atom stereocenters. The Kier molecular flexibility index (Phi) is 4.37. The molecule has 0 aromatic carbocycles. The van der Waals surface area contributed by atoms with Crippen LogP contribution in [0.5, 0.6) is 0 Å². The molecule has 0 aliphatic heterocycles. The third-order valence-electron chi connectivity index (χ3n) is 2.70. The maximum Gasteiger partial charge on any atom is 0.0600 e. The Morgan fingerprint density at radius 1 is 1.42 bits per heavy atom. The summed E-state index contributed by atoms with van der Waals surface area (Å²) in [5.41, 5.74) is 0. The van der Waals surface area contributed by atoms with Gasteiger partial charge < -0.3 is 5.11 Å². The van der Waals surface area contributed by atoms with Gasteiger partial charge in [0.15, 0.2) is 0 Å². The van der Waals surface area contributed by atoms with Crippen molar-refractivity contribution in [3.63, 3.8) is 0 Å². The van der Waals surface area contributed by atoms with E-state index in [-0.39, 0.29) is 6.10 Å². The van der Waals surface area contributed by atoms with Gasteiger partial charge in [0.2, 0.25) is 0 Å². The molecule has 1 N–H and O–H groups in total. The predicted octanol–water partition coefficient (Wildman–Crippen LogP) is 2.89. The third-order valence-corrected chi connectivity index (χ3v) is 2.70. The summed E-state index contributed by atoms with van der Waals surface area (Å²) in [4.78, 5) is 0. The van der Waals surface area contributed by atoms with E-state index >= 15 is 0 Å². The second-order valence-corrected chi connectivity index (χ2v) is 3.71. The van der Waals surface area contributed by atoms with Gasteiger partial charge in [0.1, 0.15) is 0 Å². The summed E-state index contributed by atoms with van der Waals surface area (Å²) in [5.74, 6) is 0.426. The normalized spacial score (nSPS) is 27.7. The largest absolute Gasteiger partial charge is 0.393 e. The lowest BCUT2D eigenvalue weighted by molar-refractivity contribution is 0.119. The predicted molar refractivity (Wildman–Crippen MR) is 52.0 cm³/mol. The summed E-state index contributed by atoms with van der Waals surface area (Å²) >= 11 is 0. The molecular formula is C11H20O. The first kappa shape index (κ1) is 9.79. The fourth-order valence-corrected chi connectivity index (χ4v) is 1.81. The van der Waals surface area contributed by atoms with Crippen LogP contribution in [0.15, 0.2) is 12.2 Å². The zero-order chi connectivity index (χ0) is 8.81. The van der Waals surface area contributed by atoms with Crippen LogP contribution in [0.25, 0.3) is 0 Å². The molecule has 1 heteroatoms. The average molecular weight is 168 g/mol. The van der Waals surface area contributed by atoms with E-state index in [1.807, 2.05) is 0 Å². The molecule has 0 aromatic heterocycles. The van der Waals surface area contributed by atoms with E-state index in [4.69, 9.17) is 0 Å². The maximum atomic E-state index is 9.65. The summed E-state index contributed by atoms with van der Waals surface area (Å²) in [6.07, 6.45) is 11.5. The van der Waals surface area contributed by atoms with Gasteiger partial charge in [0.05, 0.1) is 6.10 Å². The second-order valence-electron chi connectivity index (χ2n) is 3.71. The molecule has 0 aromatic rings. The van der Waals surface area contributed by atoms with E-state index in [2.05, 4.69) is 19.1 Å². The number of rotatable bonds is 2. The van der Waals surface area contributed by atoms with Crippen molar-refractivity contribution >= 4 is 0 Å². The Labute approximate surface area is 75.5 Å². The zero-order valence-corrected chi connectivity index (χ0v) is 8.00. The van der Waals surface area contributed by atoms with Gasteiger partial charge in [-0.2, -0.15) is 0 Å². The molecule has 0 saturated carbocycles. The highest BCUT2D eigenvalue weighted by Gasteiger charge is 2.14. The van der Waals surface area contributed by atoms with Crippen molar-refractivity contribution in [2.24, 2.45) is 5.92 Å². The molecule has 1 nitrogen and oxygen atoms in total. The fourth-order valence-electron chi connectivity index (χ4n) is 1.81. The average Bonchev–Trinajstić information content (AvgIpc) is 2.02. The van der Waals surface area contributed by atoms with Crippen LogP contribution < -0.4 is 0 Å². The Morgan fingerprint density at radius 2 is 2.25 bits per heavy atom. The third kappa shape index (κ3) is 2.98. The van der Waals surface area contributed by atoms with Crippen molar-refractivity contribution in [3.05, 3.63) is 12.2 Å². The lowest BCUT2D eigenvalue weighted by atomic mass is 9.91. The van der Waals surface area contributed by atoms with Gasteiger partial charge in [-0.05, 0) is 25.7 Å². The van der Waals surface area contributed by atoms with E-state index in [0.717, 1.165) is 6.42 Å². The minimum absolute atomic E-state index is 0.112. The molecule has 0 heterocycles. The first-order valence-corrected chi connectivity index (χ1v) is 5.19. The summed E-state index contributed by atoms with van der Waals surface area (Å²) in [7, 11) is 0. The second kappa shape index (κ2) is 5.36. The van der Waals surface area contributed by atoms with Gasteiger partial charge >= 0.3 is 0 Å². The molecule has 1 aliphatic rings. The number of hydrogen-bond donors (Lipinski definition) is 1. The van der Waals surface area contributed by atoms with E-state index in [1.54, 1.807) is 0 Å². The van der Waals surface area contributed by atoms with Crippen LogP contribution >= 0.6 is 0 Å². The molecule has 0 bridgehead atoms. The molecule has 70 valence electrons. The number of aliphatic hydroxyl groups excluding tert-OH is 1. The number of allylic oxidation sites excluding steroid dienone is 1.